The quantitative estimate of drug-likeness (QED) is 0.938. The van der Waals surface area contributed by atoms with E-state index in [9.17, 15) is 4.79 Å². The van der Waals surface area contributed by atoms with Crippen LogP contribution in [0.15, 0.2) is 30.2 Å². The third kappa shape index (κ3) is 2.58. The first-order valence-corrected chi connectivity index (χ1v) is 9.71. The van der Waals surface area contributed by atoms with E-state index in [4.69, 9.17) is 0 Å². The normalized spacial score (nSPS) is 27.5. The summed E-state index contributed by atoms with van der Waals surface area (Å²) in [5, 5.41) is 5.40. The Balaban J connectivity index is 1.49. The summed E-state index contributed by atoms with van der Waals surface area (Å²) in [4.78, 5) is 18.3. The second kappa shape index (κ2) is 6.08. The van der Waals surface area contributed by atoms with Gasteiger partial charge in [-0.05, 0) is 48.4 Å². The molecule has 0 saturated heterocycles. The number of nitrogens with one attached hydrogen (secondary N) is 1. The summed E-state index contributed by atoms with van der Waals surface area (Å²) in [6.07, 6.45) is 10.1. The maximum absolute atomic E-state index is 12.8. The van der Waals surface area contributed by atoms with Gasteiger partial charge < -0.3 is 9.88 Å². The molecule has 4 rings (SSSR count). The zero-order valence-corrected chi connectivity index (χ0v) is 13.9. The lowest BCUT2D eigenvalue weighted by atomic mass is 10.1. The summed E-state index contributed by atoms with van der Waals surface area (Å²) in [5.74, 6) is 1.22. The van der Waals surface area contributed by atoms with E-state index in [-0.39, 0.29) is 17.2 Å². The highest BCUT2D eigenvalue weighted by atomic mass is 32.2. The van der Waals surface area contributed by atoms with Crippen LogP contribution in [0.2, 0.25) is 0 Å². The van der Waals surface area contributed by atoms with Crippen LogP contribution in [0.25, 0.3) is 0 Å². The van der Waals surface area contributed by atoms with Crippen LogP contribution in [-0.4, -0.2) is 27.3 Å². The molecule has 22 heavy (non-hydrogen) atoms. The Morgan fingerprint density at radius 3 is 3.23 bits per heavy atom. The van der Waals surface area contributed by atoms with E-state index in [0.29, 0.717) is 6.04 Å². The molecule has 116 valence electrons. The van der Waals surface area contributed by atoms with Crippen molar-refractivity contribution in [2.75, 3.05) is 5.75 Å². The fourth-order valence-electron chi connectivity index (χ4n) is 3.55. The van der Waals surface area contributed by atoms with Crippen LogP contribution >= 0.6 is 23.1 Å². The molecule has 0 bridgehead atoms. The minimum absolute atomic E-state index is 0.0287. The van der Waals surface area contributed by atoms with Crippen molar-refractivity contribution in [1.82, 2.24) is 14.9 Å². The summed E-state index contributed by atoms with van der Waals surface area (Å²) in [5.41, 5.74) is 1.23. The monoisotopic (exact) mass is 333 g/mol. The molecule has 4 nitrogen and oxygen atoms in total. The van der Waals surface area contributed by atoms with Crippen molar-refractivity contribution in [3.63, 3.8) is 0 Å². The predicted octanol–water partition coefficient (Wildman–Crippen LogP) is 3.19. The first kappa shape index (κ1) is 14.3. The lowest BCUT2D eigenvalue weighted by molar-refractivity contribution is -0.121. The first-order chi connectivity index (χ1) is 10.8. The van der Waals surface area contributed by atoms with Crippen molar-refractivity contribution in [3.05, 3.63) is 40.6 Å². The number of thiophene rings is 1. The van der Waals surface area contributed by atoms with Gasteiger partial charge in [-0.15, -0.1) is 23.1 Å². The summed E-state index contributed by atoms with van der Waals surface area (Å²) in [6, 6.07) is 2.70. The summed E-state index contributed by atoms with van der Waals surface area (Å²) in [7, 11) is 0. The number of carbonyl (C=O) groups excluding carboxylic acids is 1. The van der Waals surface area contributed by atoms with Gasteiger partial charge in [-0.3, -0.25) is 4.79 Å². The molecule has 0 unspecified atom stereocenters. The lowest BCUT2D eigenvalue weighted by Gasteiger charge is -2.26. The van der Waals surface area contributed by atoms with Gasteiger partial charge in [0.25, 0.3) is 0 Å². The van der Waals surface area contributed by atoms with Gasteiger partial charge >= 0.3 is 0 Å². The average molecular weight is 333 g/mol. The molecule has 0 spiro atoms. The molecule has 3 atom stereocenters. The molecule has 2 aromatic heterocycles. The average Bonchev–Trinajstić information content (AvgIpc) is 3.27. The topological polar surface area (TPSA) is 46.9 Å². The highest BCUT2D eigenvalue weighted by molar-refractivity contribution is 8.00. The second-order valence-electron chi connectivity index (χ2n) is 5.92. The van der Waals surface area contributed by atoms with E-state index < -0.39 is 0 Å². The number of amides is 1. The lowest BCUT2D eigenvalue weighted by Crippen LogP contribution is -2.40. The van der Waals surface area contributed by atoms with Crippen LogP contribution < -0.4 is 5.32 Å². The van der Waals surface area contributed by atoms with E-state index in [1.165, 1.54) is 10.4 Å². The van der Waals surface area contributed by atoms with Gasteiger partial charge in [0.2, 0.25) is 5.91 Å². The van der Waals surface area contributed by atoms with Gasteiger partial charge in [0, 0.05) is 23.3 Å². The third-order valence-corrected chi connectivity index (χ3v) is 6.87. The molecule has 2 aliphatic rings. The summed E-state index contributed by atoms with van der Waals surface area (Å²) < 4.78 is 2.14. The Morgan fingerprint density at radius 2 is 2.36 bits per heavy atom. The van der Waals surface area contributed by atoms with Crippen molar-refractivity contribution in [2.24, 2.45) is 0 Å². The largest absolute Gasteiger partial charge is 0.350 e. The molecular weight excluding hydrogens is 314 g/mol. The number of aromatic nitrogens is 2. The van der Waals surface area contributed by atoms with Crippen molar-refractivity contribution in [3.8, 4) is 0 Å². The molecule has 1 aliphatic carbocycles. The van der Waals surface area contributed by atoms with E-state index in [0.717, 1.165) is 31.4 Å². The Hall–Kier alpha value is -1.27. The maximum Gasteiger partial charge on any atom is 0.237 e. The van der Waals surface area contributed by atoms with Gasteiger partial charge in [-0.1, -0.05) is 0 Å². The van der Waals surface area contributed by atoms with Crippen molar-refractivity contribution in [2.45, 2.75) is 43.0 Å². The smallest absolute Gasteiger partial charge is 0.237 e. The van der Waals surface area contributed by atoms with Crippen molar-refractivity contribution < 1.29 is 4.79 Å². The van der Waals surface area contributed by atoms with E-state index in [1.54, 1.807) is 23.1 Å². The molecule has 1 fully saturated rings. The summed E-state index contributed by atoms with van der Waals surface area (Å²) in [6.45, 7) is 0. The second-order valence-corrected chi connectivity index (χ2v) is 8.14. The first-order valence-electron chi connectivity index (χ1n) is 7.78. The SMILES string of the molecule is O=C(N[C@@H]1CCC[C@@H]1n1ccnc1)[C@H]1SCCc2sccc21. The number of imidazole rings is 1. The van der Waals surface area contributed by atoms with Crippen LogP contribution in [0.4, 0.5) is 0 Å². The van der Waals surface area contributed by atoms with Crippen LogP contribution in [0, 0.1) is 0 Å². The van der Waals surface area contributed by atoms with E-state index in [2.05, 4.69) is 26.3 Å². The number of aryl methyl sites for hydroxylation is 1. The fourth-order valence-corrected chi connectivity index (χ4v) is 5.86. The van der Waals surface area contributed by atoms with Gasteiger partial charge in [0.1, 0.15) is 5.25 Å². The molecule has 1 aliphatic heterocycles. The Bertz CT molecular complexity index is 652. The number of hydrogen-bond donors (Lipinski definition) is 1. The van der Waals surface area contributed by atoms with E-state index in [1.807, 2.05) is 18.7 Å². The minimum Gasteiger partial charge on any atom is -0.350 e. The summed E-state index contributed by atoms with van der Waals surface area (Å²) >= 11 is 3.56. The van der Waals surface area contributed by atoms with Crippen LogP contribution in [0.5, 0.6) is 0 Å². The van der Waals surface area contributed by atoms with Gasteiger partial charge in [-0.2, -0.15) is 0 Å². The maximum atomic E-state index is 12.8. The zero-order valence-electron chi connectivity index (χ0n) is 12.3. The van der Waals surface area contributed by atoms with Crippen LogP contribution in [-0.2, 0) is 11.2 Å². The number of nitrogens with zero attached hydrogens (tertiary/aromatic N) is 2. The number of carbonyl (C=O) groups is 1. The third-order valence-electron chi connectivity index (χ3n) is 4.63. The molecule has 6 heteroatoms. The standard InChI is InChI=1S/C16H19N3OS2/c20-16(15-11-4-8-21-14(11)5-9-22-15)18-12-2-1-3-13(12)19-7-6-17-10-19/h4,6-8,10,12-13,15H,1-3,5,9H2,(H,18,20)/t12-,13+,15+/m1/s1. The van der Waals surface area contributed by atoms with Gasteiger partial charge in [-0.25, -0.2) is 4.98 Å². The Morgan fingerprint density at radius 1 is 1.41 bits per heavy atom. The van der Waals surface area contributed by atoms with Crippen molar-refractivity contribution in [1.29, 1.82) is 0 Å². The molecule has 1 amide bonds. The van der Waals surface area contributed by atoms with Crippen LogP contribution in [0.3, 0.4) is 0 Å². The van der Waals surface area contributed by atoms with E-state index >= 15 is 0 Å². The Labute approximate surface area is 138 Å². The molecular formula is C16H19N3OS2. The molecule has 3 heterocycles. The highest BCUT2D eigenvalue weighted by Crippen LogP contribution is 2.40. The number of rotatable bonds is 3. The molecule has 0 radical (unpaired) electrons. The predicted molar refractivity (Wildman–Crippen MR) is 90.3 cm³/mol. The molecule has 1 N–H and O–H groups in total. The van der Waals surface area contributed by atoms with Gasteiger partial charge in [0.15, 0.2) is 0 Å². The molecule has 1 saturated carbocycles. The van der Waals surface area contributed by atoms with Crippen LogP contribution in [0.1, 0.15) is 41.0 Å². The molecule has 2 aromatic rings. The Kier molecular flexibility index (Phi) is 3.96. The number of thioether (sulfide) groups is 1. The number of hydrogen-bond acceptors (Lipinski definition) is 4. The minimum atomic E-state index is -0.0287. The number of fused-ring (bicyclic) bond motifs is 1. The zero-order chi connectivity index (χ0) is 14.9. The van der Waals surface area contributed by atoms with Gasteiger partial charge in [0.05, 0.1) is 12.4 Å². The highest BCUT2D eigenvalue weighted by Gasteiger charge is 2.34. The fraction of sp³-hybridized carbons (Fsp3) is 0.500. The molecule has 0 aromatic carbocycles. The van der Waals surface area contributed by atoms with Crippen molar-refractivity contribution >= 4 is 29.0 Å².